The average Bonchev–Trinajstić information content (AvgIpc) is 3.85. The Labute approximate surface area is 324 Å². The van der Waals surface area contributed by atoms with Gasteiger partial charge >= 0.3 is 0 Å². The summed E-state index contributed by atoms with van der Waals surface area (Å²) in [5.41, 5.74) is 7.00. The summed E-state index contributed by atoms with van der Waals surface area (Å²) >= 11 is 1.73. The topological polar surface area (TPSA) is 90.5 Å². The van der Waals surface area contributed by atoms with Crippen LogP contribution in [0.3, 0.4) is 0 Å². The Morgan fingerprint density at radius 3 is 1.50 bits per heavy atom. The van der Waals surface area contributed by atoms with Gasteiger partial charge in [0, 0.05) is 58.8 Å². The molecule has 0 aliphatic rings. The monoisotopic (exact) mass is 736 g/mol. The number of nitrogens with zero attached hydrogens (tertiary/aromatic N) is 6. The highest BCUT2D eigenvalue weighted by Gasteiger charge is 2.21. The van der Waals surface area contributed by atoms with Gasteiger partial charge in [0.1, 0.15) is 11.2 Å². The van der Waals surface area contributed by atoms with Crippen LogP contribution in [0.15, 0.2) is 174 Å². The summed E-state index contributed by atoms with van der Waals surface area (Å²) in [7, 11) is 0. The molecule has 0 unspecified atom stereocenters. The van der Waals surface area contributed by atoms with Crippen LogP contribution in [0.2, 0.25) is 0 Å². The van der Waals surface area contributed by atoms with Crippen LogP contribution in [0, 0.1) is 0 Å². The number of furan rings is 1. The minimum Gasteiger partial charge on any atom is -0.455 e. The number of aromatic nitrogens is 6. The average molecular weight is 737 g/mol. The van der Waals surface area contributed by atoms with Crippen LogP contribution in [0.25, 0.3) is 110 Å². The van der Waals surface area contributed by atoms with E-state index in [-0.39, 0.29) is 0 Å². The van der Waals surface area contributed by atoms with Crippen molar-refractivity contribution in [3.63, 3.8) is 0 Å². The number of hydrogen-bond donors (Lipinski definition) is 0. The molecule has 0 atom stereocenters. The van der Waals surface area contributed by atoms with E-state index in [1.54, 1.807) is 11.3 Å². The number of benzene rings is 7. The summed E-state index contributed by atoms with van der Waals surface area (Å²) in [4.78, 5) is 30.2. The lowest BCUT2D eigenvalue weighted by Crippen LogP contribution is -2.00. The zero-order chi connectivity index (χ0) is 37.0. The van der Waals surface area contributed by atoms with Gasteiger partial charge in [-0.2, -0.15) is 0 Å². The Kier molecular flexibility index (Phi) is 7.53. The van der Waals surface area contributed by atoms with E-state index in [0.717, 1.165) is 75.5 Å². The van der Waals surface area contributed by atoms with Gasteiger partial charge in [0.2, 0.25) is 0 Å². The first-order chi connectivity index (χ1) is 27.7. The van der Waals surface area contributed by atoms with Crippen molar-refractivity contribution in [2.75, 3.05) is 0 Å². The number of hydrogen-bond acceptors (Lipinski definition) is 8. The summed E-state index contributed by atoms with van der Waals surface area (Å²) in [6.45, 7) is 0. The van der Waals surface area contributed by atoms with Gasteiger partial charge < -0.3 is 4.42 Å². The fourth-order valence-corrected chi connectivity index (χ4v) is 8.52. The maximum Gasteiger partial charge on any atom is 0.167 e. The highest BCUT2D eigenvalue weighted by Crippen LogP contribution is 2.42. The van der Waals surface area contributed by atoms with E-state index in [0.29, 0.717) is 34.9 Å². The summed E-state index contributed by atoms with van der Waals surface area (Å²) in [5, 5.41) is 4.27. The van der Waals surface area contributed by atoms with Crippen molar-refractivity contribution >= 4 is 53.4 Å². The lowest BCUT2D eigenvalue weighted by molar-refractivity contribution is 0.669. The second-order valence-corrected chi connectivity index (χ2v) is 14.6. The van der Waals surface area contributed by atoms with Gasteiger partial charge in [-0.05, 0) is 24.3 Å². The Morgan fingerprint density at radius 2 is 0.839 bits per heavy atom. The fourth-order valence-electron chi connectivity index (χ4n) is 7.35. The van der Waals surface area contributed by atoms with Crippen LogP contribution >= 0.6 is 11.3 Å². The molecular weight excluding hydrogens is 709 g/mol. The van der Waals surface area contributed by atoms with E-state index in [4.69, 9.17) is 34.3 Å². The third-order valence-electron chi connectivity index (χ3n) is 10.0. The zero-order valence-electron chi connectivity index (χ0n) is 29.7. The summed E-state index contributed by atoms with van der Waals surface area (Å²) in [6.07, 6.45) is 0. The largest absolute Gasteiger partial charge is 0.455 e. The molecule has 0 saturated carbocycles. The smallest absolute Gasteiger partial charge is 0.167 e. The van der Waals surface area contributed by atoms with Gasteiger partial charge in [-0.25, -0.2) is 29.9 Å². The Morgan fingerprint density at radius 1 is 0.339 bits per heavy atom. The maximum absolute atomic E-state index is 6.44. The van der Waals surface area contributed by atoms with E-state index in [1.165, 1.54) is 0 Å². The predicted octanol–water partition coefficient (Wildman–Crippen LogP) is 12.3. The molecule has 11 rings (SSSR count). The van der Waals surface area contributed by atoms with Crippen molar-refractivity contribution in [2.24, 2.45) is 0 Å². The van der Waals surface area contributed by atoms with Crippen LogP contribution in [-0.2, 0) is 0 Å². The second kappa shape index (κ2) is 13.2. The molecule has 0 amide bonds. The molecule has 0 aliphatic carbocycles. The van der Waals surface area contributed by atoms with Crippen molar-refractivity contribution in [3.8, 4) is 68.3 Å². The molecule has 0 radical (unpaired) electrons. The first-order valence-electron chi connectivity index (χ1n) is 18.3. The first-order valence-corrected chi connectivity index (χ1v) is 19.1. The van der Waals surface area contributed by atoms with E-state index in [2.05, 4.69) is 48.5 Å². The summed E-state index contributed by atoms with van der Waals surface area (Å²) in [5.74, 6) is 3.62. The van der Waals surface area contributed by atoms with Gasteiger partial charge in [0.25, 0.3) is 0 Å². The van der Waals surface area contributed by atoms with E-state index < -0.39 is 0 Å². The van der Waals surface area contributed by atoms with Crippen molar-refractivity contribution in [3.05, 3.63) is 170 Å². The number of fused-ring (bicyclic) bond motifs is 6. The Balaban J connectivity index is 1.09. The van der Waals surface area contributed by atoms with Gasteiger partial charge in [0.05, 0.1) is 5.56 Å². The van der Waals surface area contributed by atoms with Gasteiger partial charge in [0.15, 0.2) is 34.9 Å². The summed E-state index contributed by atoms with van der Waals surface area (Å²) < 4.78 is 8.68. The molecule has 262 valence electrons. The molecule has 0 bridgehead atoms. The van der Waals surface area contributed by atoms with Gasteiger partial charge in [-0.1, -0.05) is 146 Å². The normalized spacial score (nSPS) is 11.6. The van der Waals surface area contributed by atoms with Crippen LogP contribution in [-0.4, -0.2) is 29.9 Å². The molecule has 7 aromatic carbocycles. The van der Waals surface area contributed by atoms with Gasteiger partial charge in [-0.3, -0.25) is 0 Å². The van der Waals surface area contributed by atoms with E-state index >= 15 is 0 Å². The van der Waals surface area contributed by atoms with E-state index in [9.17, 15) is 0 Å². The van der Waals surface area contributed by atoms with Gasteiger partial charge in [-0.15, -0.1) is 11.3 Å². The number of para-hydroxylation sites is 2. The standard InChI is InChI=1S/C48H28N6OS/c1-4-14-29(15-5-1)43-49-44(30-16-6-2-7-17-30)51-46(50-43)32-26-27-35-40(28-32)56-39-25-13-22-36(41(35)39)47-52-45(31-18-8-3-9-19-31)53-48(54-47)37-23-12-21-34-33-20-10-11-24-38(33)55-42(34)37/h1-28H. The number of rotatable bonds is 6. The molecule has 4 heterocycles. The van der Waals surface area contributed by atoms with Crippen molar-refractivity contribution in [2.45, 2.75) is 0 Å². The molecule has 0 fully saturated rings. The molecule has 0 aliphatic heterocycles. The Bertz CT molecular complexity index is 3200. The SMILES string of the molecule is c1ccc(-c2nc(-c3ccccc3)nc(-c3ccc4c(c3)sc3cccc(-c5nc(-c6ccccc6)nc(-c6cccc7c6oc6ccccc67)n5)c34)n2)cc1. The molecule has 8 heteroatoms. The predicted molar refractivity (Wildman–Crippen MR) is 226 cm³/mol. The lowest BCUT2D eigenvalue weighted by Gasteiger charge is -2.10. The molecule has 0 N–H and O–H groups in total. The van der Waals surface area contributed by atoms with Crippen molar-refractivity contribution < 1.29 is 4.42 Å². The molecule has 7 nitrogen and oxygen atoms in total. The van der Waals surface area contributed by atoms with Crippen LogP contribution in [0.1, 0.15) is 0 Å². The fraction of sp³-hybridized carbons (Fsp3) is 0. The second-order valence-electron chi connectivity index (χ2n) is 13.5. The lowest BCUT2D eigenvalue weighted by atomic mass is 10.0. The third-order valence-corrected chi connectivity index (χ3v) is 11.1. The molecule has 0 spiro atoms. The molecule has 0 saturated heterocycles. The molecule has 4 aromatic heterocycles. The quantitative estimate of drug-likeness (QED) is 0.168. The molecular formula is C48H28N6OS. The number of thiophene rings is 1. The van der Waals surface area contributed by atoms with Crippen LogP contribution < -0.4 is 0 Å². The summed E-state index contributed by atoms with van der Waals surface area (Å²) in [6, 6.07) is 57.1. The first kappa shape index (κ1) is 32.0. The van der Waals surface area contributed by atoms with Crippen molar-refractivity contribution in [1.29, 1.82) is 0 Å². The highest BCUT2D eigenvalue weighted by atomic mass is 32.1. The van der Waals surface area contributed by atoms with E-state index in [1.807, 2.05) is 121 Å². The molecule has 56 heavy (non-hydrogen) atoms. The highest BCUT2D eigenvalue weighted by molar-refractivity contribution is 7.26. The zero-order valence-corrected chi connectivity index (χ0v) is 30.5. The van der Waals surface area contributed by atoms with Crippen LogP contribution in [0.4, 0.5) is 0 Å². The molecule has 11 aromatic rings. The van der Waals surface area contributed by atoms with Crippen molar-refractivity contribution in [1.82, 2.24) is 29.9 Å². The maximum atomic E-state index is 6.44. The Hall–Kier alpha value is -7.42. The third kappa shape index (κ3) is 5.51. The minimum atomic E-state index is 0.551. The van der Waals surface area contributed by atoms with Crippen LogP contribution in [0.5, 0.6) is 0 Å². The minimum absolute atomic E-state index is 0.551.